The molecule has 0 bridgehead atoms. The van der Waals surface area contributed by atoms with Crippen LogP contribution in [0.1, 0.15) is 90.2 Å². The highest BCUT2D eigenvalue weighted by Crippen LogP contribution is 2.42. The van der Waals surface area contributed by atoms with E-state index >= 15 is 0 Å². The molecule has 2 aromatic carbocycles. The Balaban J connectivity index is 1.62. The lowest BCUT2D eigenvalue weighted by molar-refractivity contribution is -0.142. The minimum Gasteiger partial charge on any atom is -0.508 e. The fourth-order valence-corrected chi connectivity index (χ4v) is 8.23. The van der Waals surface area contributed by atoms with E-state index in [0.717, 1.165) is 70.1 Å². The highest BCUT2D eigenvalue weighted by Gasteiger charge is 2.33. The number of ether oxygens (including phenoxy) is 1. The lowest BCUT2D eigenvalue weighted by atomic mass is 9.80. The first-order valence-corrected chi connectivity index (χ1v) is 20.2. The number of pyridine rings is 1. The van der Waals surface area contributed by atoms with Crippen molar-refractivity contribution in [1.29, 1.82) is 0 Å². The topological polar surface area (TPSA) is 146 Å². The third-order valence-electron chi connectivity index (χ3n) is 11.2. The number of hydrazine groups is 1. The summed E-state index contributed by atoms with van der Waals surface area (Å²) < 4.78 is 8.09. The number of aromatic hydroxyl groups is 1. The number of nitrogens with one attached hydrogen (secondary N) is 2. The number of aromatic nitrogens is 2. The predicted octanol–water partition coefficient (Wildman–Crippen LogP) is 6.62. The lowest BCUT2D eigenvalue weighted by Crippen LogP contribution is -2.58. The molecule has 0 aliphatic carbocycles. The molecule has 3 unspecified atom stereocenters. The molecule has 0 saturated carbocycles. The summed E-state index contributed by atoms with van der Waals surface area (Å²) >= 11 is 0. The number of phenolic OH excluding ortho intramolecular Hbond substituents is 1. The highest BCUT2D eigenvalue weighted by atomic mass is 16.5. The van der Waals surface area contributed by atoms with Crippen molar-refractivity contribution in [2.75, 3.05) is 27.2 Å². The van der Waals surface area contributed by atoms with E-state index < -0.39 is 18.0 Å². The number of hydrogen-bond acceptors (Lipinski definition) is 8. The first kappa shape index (κ1) is 43.1. The van der Waals surface area contributed by atoms with Crippen LogP contribution in [0.15, 0.2) is 54.7 Å². The Hall–Kier alpha value is -5.07. The Morgan fingerprint density at radius 1 is 1.09 bits per heavy atom. The van der Waals surface area contributed by atoms with E-state index in [9.17, 15) is 24.3 Å². The number of carbonyl (C=O) groups is 4. The molecule has 0 spiro atoms. The van der Waals surface area contributed by atoms with Gasteiger partial charge >= 0.3 is 0 Å². The van der Waals surface area contributed by atoms with Gasteiger partial charge in [0.2, 0.25) is 12.3 Å². The smallest absolute Gasteiger partial charge is 0.259 e. The minimum absolute atomic E-state index is 0.0348. The summed E-state index contributed by atoms with van der Waals surface area (Å²) in [6.07, 6.45) is 6.95. The van der Waals surface area contributed by atoms with Crippen LogP contribution in [0.5, 0.6) is 5.75 Å². The van der Waals surface area contributed by atoms with Crippen molar-refractivity contribution in [1.82, 2.24) is 30.2 Å². The maximum absolute atomic E-state index is 14.0. The largest absolute Gasteiger partial charge is 0.508 e. The van der Waals surface area contributed by atoms with Crippen LogP contribution in [0.25, 0.3) is 33.3 Å². The van der Waals surface area contributed by atoms with Crippen molar-refractivity contribution in [3.05, 3.63) is 71.5 Å². The molecule has 1 fully saturated rings. The van der Waals surface area contributed by atoms with Crippen molar-refractivity contribution in [2.45, 2.75) is 105 Å². The van der Waals surface area contributed by atoms with Crippen molar-refractivity contribution in [2.24, 2.45) is 11.3 Å². The second-order valence-corrected chi connectivity index (χ2v) is 16.4. The molecule has 12 nitrogen and oxygen atoms in total. The molecule has 57 heavy (non-hydrogen) atoms. The molecule has 1 aliphatic heterocycles. The third kappa shape index (κ3) is 9.91. The van der Waals surface area contributed by atoms with E-state index in [4.69, 9.17) is 9.72 Å². The number of amides is 3. The van der Waals surface area contributed by atoms with Gasteiger partial charge in [-0.15, -0.1) is 0 Å². The van der Waals surface area contributed by atoms with Crippen LogP contribution in [-0.4, -0.2) is 88.4 Å². The van der Waals surface area contributed by atoms with Gasteiger partial charge in [-0.1, -0.05) is 39.8 Å². The van der Waals surface area contributed by atoms with Gasteiger partial charge in [0.15, 0.2) is 0 Å². The fourth-order valence-electron chi connectivity index (χ4n) is 8.23. The van der Waals surface area contributed by atoms with E-state index in [1.165, 1.54) is 4.90 Å². The first-order valence-electron chi connectivity index (χ1n) is 20.2. The molecule has 2 aromatic heterocycles. The number of benzene rings is 2. The number of likely N-dealkylation sites (N-methyl/N-ethyl adjacent to an activating group) is 1. The van der Waals surface area contributed by atoms with Crippen LogP contribution in [-0.2, 0) is 43.3 Å². The van der Waals surface area contributed by atoms with Crippen LogP contribution < -0.4 is 10.7 Å². The monoisotopic (exact) mass is 780 g/mol. The standard InChI is InChI=1S/C45H60N6O6/c1-9-50-39-16-15-32(26-36(39)37(27-45(5,6)17-13-21-52)42(50)35-14-12-18-46-40(35)30(4)57-8)33-22-31(23-34(54)25-33)24-38(44(56)51-20-11-10-19-47-51)48-43(55)41(29(2)3)49(7)28-53/h12,14-16,18,21-23,25-26,28-30,38,41,47,54H,9-11,13,17,19-20,24,27H2,1-8H3,(H,48,55). The van der Waals surface area contributed by atoms with Gasteiger partial charge in [0, 0.05) is 69.3 Å². The van der Waals surface area contributed by atoms with Gasteiger partial charge in [0.25, 0.3) is 5.91 Å². The van der Waals surface area contributed by atoms with Crippen LogP contribution in [0.3, 0.4) is 0 Å². The molecular weight excluding hydrogens is 721 g/mol. The Bertz CT molecular complexity index is 2050. The lowest BCUT2D eigenvalue weighted by Gasteiger charge is -2.33. The van der Waals surface area contributed by atoms with E-state index in [1.807, 2.05) is 39.0 Å². The molecule has 0 radical (unpaired) electrons. The van der Waals surface area contributed by atoms with E-state index in [1.54, 1.807) is 37.5 Å². The zero-order valence-corrected chi connectivity index (χ0v) is 34.8. The molecule has 1 saturated heterocycles. The van der Waals surface area contributed by atoms with Crippen molar-refractivity contribution in [3.63, 3.8) is 0 Å². The van der Waals surface area contributed by atoms with Crippen LogP contribution in [0.4, 0.5) is 0 Å². The summed E-state index contributed by atoms with van der Waals surface area (Å²) in [5.74, 6) is -0.855. The van der Waals surface area contributed by atoms with Gasteiger partial charge in [-0.05, 0) is 110 Å². The van der Waals surface area contributed by atoms with Crippen LogP contribution in [0.2, 0.25) is 0 Å². The number of nitrogens with zero attached hydrogens (tertiary/aromatic N) is 4. The quantitative estimate of drug-likeness (QED) is 0.0957. The average Bonchev–Trinajstić information content (AvgIpc) is 3.50. The zero-order valence-electron chi connectivity index (χ0n) is 34.8. The Kier molecular flexibility index (Phi) is 14.3. The Labute approximate surface area is 336 Å². The first-order chi connectivity index (χ1) is 27.2. The number of aryl methyl sites for hydroxylation is 1. The van der Waals surface area contributed by atoms with Crippen LogP contribution >= 0.6 is 0 Å². The van der Waals surface area contributed by atoms with Crippen molar-refractivity contribution < 1.29 is 29.0 Å². The molecule has 5 rings (SSSR count). The number of carbonyl (C=O) groups excluding carboxylic acids is 4. The van der Waals surface area contributed by atoms with Gasteiger partial charge in [-0.2, -0.15) is 0 Å². The summed E-state index contributed by atoms with van der Waals surface area (Å²) in [5.41, 5.74) is 10.4. The van der Waals surface area contributed by atoms with Gasteiger partial charge in [-0.25, -0.2) is 5.43 Å². The fraction of sp³-hybridized carbons (Fsp3) is 0.489. The normalized spacial score (nSPS) is 15.0. The van der Waals surface area contributed by atoms with E-state index in [2.05, 4.69) is 54.3 Å². The summed E-state index contributed by atoms with van der Waals surface area (Å²) in [7, 11) is 3.24. The summed E-state index contributed by atoms with van der Waals surface area (Å²) in [4.78, 5) is 57.0. The maximum atomic E-state index is 14.0. The maximum Gasteiger partial charge on any atom is 0.259 e. The van der Waals surface area contributed by atoms with Gasteiger partial charge < -0.3 is 29.4 Å². The molecule has 3 amide bonds. The molecule has 306 valence electrons. The Morgan fingerprint density at radius 2 is 1.86 bits per heavy atom. The molecular formula is C45H60N6O6. The summed E-state index contributed by atoms with van der Waals surface area (Å²) in [5, 5.41) is 16.7. The van der Waals surface area contributed by atoms with Gasteiger partial charge in [0.05, 0.1) is 17.5 Å². The SMILES string of the molecule is CCn1c(-c2cccnc2C(C)OC)c(CC(C)(C)CCC=O)c2cc(-c3cc(O)cc(CC(NC(=O)C(C(C)C)N(C)C=O)C(=O)N4CCCCN4)c3)ccc21. The van der Waals surface area contributed by atoms with Crippen molar-refractivity contribution >= 4 is 35.4 Å². The van der Waals surface area contributed by atoms with Crippen molar-refractivity contribution in [3.8, 4) is 28.1 Å². The molecule has 1 aliphatic rings. The highest BCUT2D eigenvalue weighted by molar-refractivity contribution is 5.95. The molecule has 4 aromatic rings. The molecule has 3 N–H and O–H groups in total. The number of aldehydes is 1. The Morgan fingerprint density at radius 3 is 2.51 bits per heavy atom. The predicted molar refractivity (Wildman–Crippen MR) is 223 cm³/mol. The van der Waals surface area contributed by atoms with Gasteiger partial charge in [0.1, 0.15) is 24.1 Å². The molecule has 3 atom stereocenters. The number of fused-ring (bicyclic) bond motifs is 1. The number of hydrogen-bond donors (Lipinski definition) is 3. The number of rotatable bonds is 18. The molecule has 12 heteroatoms. The number of phenols is 1. The average molecular weight is 781 g/mol. The minimum atomic E-state index is -0.953. The second-order valence-electron chi connectivity index (χ2n) is 16.4. The van der Waals surface area contributed by atoms with Gasteiger partial charge in [-0.3, -0.25) is 24.4 Å². The van der Waals surface area contributed by atoms with E-state index in [-0.39, 0.29) is 35.5 Å². The summed E-state index contributed by atoms with van der Waals surface area (Å²) in [6, 6.07) is 13.9. The number of methoxy groups -OCH3 is 1. The summed E-state index contributed by atoms with van der Waals surface area (Å²) in [6.45, 7) is 14.1. The second kappa shape index (κ2) is 18.9. The van der Waals surface area contributed by atoms with E-state index in [0.29, 0.717) is 44.4 Å². The van der Waals surface area contributed by atoms with Crippen LogP contribution in [0, 0.1) is 11.3 Å². The molecule has 3 heterocycles. The third-order valence-corrected chi connectivity index (χ3v) is 11.2. The zero-order chi connectivity index (χ0) is 41.4.